The summed E-state index contributed by atoms with van der Waals surface area (Å²) in [7, 11) is 1.68. The van der Waals surface area contributed by atoms with Crippen LogP contribution in [0.15, 0.2) is 42.7 Å². The summed E-state index contributed by atoms with van der Waals surface area (Å²) in [5.41, 5.74) is 9.11. The minimum absolute atomic E-state index is 0.345. The van der Waals surface area contributed by atoms with Gasteiger partial charge < -0.3 is 21.1 Å². The van der Waals surface area contributed by atoms with Crippen LogP contribution in [0, 0.1) is 0 Å². The first-order valence-electron chi connectivity index (χ1n) is 9.94. The third-order valence-electron chi connectivity index (χ3n) is 5.37. The number of nitrogens with two attached hydrogens (primary N) is 1. The van der Waals surface area contributed by atoms with E-state index < -0.39 is 0 Å². The number of hydrogen-bond acceptors (Lipinski definition) is 6. The van der Waals surface area contributed by atoms with Crippen LogP contribution in [-0.4, -0.2) is 40.3 Å². The normalized spacial score (nSPS) is 19.5. The first-order valence-corrected chi connectivity index (χ1v) is 9.94. The largest absolute Gasteiger partial charge is 0.497 e. The van der Waals surface area contributed by atoms with E-state index >= 15 is 0 Å². The fraction of sp³-hybridized carbons (Fsp3) is 0.429. The predicted molar refractivity (Wildman–Crippen MR) is 112 cm³/mol. The van der Waals surface area contributed by atoms with Crippen molar-refractivity contribution >= 4 is 17.2 Å². The highest BCUT2D eigenvalue weighted by Gasteiger charge is 2.19. The molecule has 4 N–H and O–H groups in total. The summed E-state index contributed by atoms with van der Waals surface area (Å²) in [5, 5.41) is 11.7. The zero-order valence-corrected chi connectivity index (χ0v) is 16.3. The highest BCUT2D eigenvalue weighted by molar-refractivity contribution is 5.70. The summed E-state index contributed by atoms with van der Waals surface area (Å²) in [5.74, 6) is 1.75. The summed E-state index contributed by atoms with van der Waals surface area (Å²) in [6.45, 7) is 0.816. The maximum Gasteiger partial charge on any atom is 0.177 e. The predicted octanol–water partition coefficient (Wildman–Crippen LogP) is 3.07. The van der Waals surface area contributed by atoms with Gasteiger partial charge >= 0.3 is 0 Å². The zero-order valence-electron chi connectivity index (χ0n) is 16.3. The van der Waals surface area contributed by atoms with Gasteiger partial charge in [-0.2, -0.15) is 0 Å². The summed E-state index contributed by atoms with van der Waals surface area (Å²) >= 11 is 0. The molecule has 1 aliphatic carbocycles. The second-order valence-electron chi connectivity index (χ2n) is 7.42. The Kier molecular flexibility index (Phi) is 5.62. The van der Waals surface area contributed by atoms with Gasteiger partial charge in [0, 0.05) is 37.1 Å². The molecule has 1 aliphatic rings. The zero-order chi connectivity index (χ0) is 19.3. The van der Waals surface area contributed by atoms with Crippen molar-refractivity contribution in [2.45, 2.75) is 44.2 Å². The van der Waals surface area contributed by atoms with Crippen LogP contribution in [0.5, 0.6) is 5.75 Å². The topological polar surface area (TPSA) is 89.5 Å². The van der Waals surface area contributed by atoms with Gasteiger partial charge in [-0.1, -0.05) is 12.1 Å². The van der Waals surface area contributed by atoms with Crippen LogP contribution in [0.3, 0.4) is 0 Å². The minimum atomic E-state index is 0.345. The molecule has 1 fully saturated rings. The minimum Gasteiger partial charge on any atom is -0.497 e. The summed E-state index contributed by atoms with van der Waals surface area (Å²) < 4.78 is 7.04. The molecule has 4 rings (SSSR count). The van der Waals surface area contributed by atoms with E-state index in [9.17, 15) is 0 Å². The van der Waals surface area contributed by atoms with E-state index in [1.165, 1.54) is 5.56 Å². The van der Waals surface area contributed by atoms with Crippen molar-refractivity contribution in [1.82, 2.24) is 14.6 Å². The lowest BCUT2D eigenvalue weighted by Crippen LogP contribution is -2.33. The molecule has 0 bridgehead atoms. The van der Waals surface area contributed by atoms with Gasteiger partial charge in [0.2, 0.25) is 0 Å². The van der Waals surface area contributed by atoms with E-state index in [2.05, 4.69) is 38.9 Å². The molecule has 148 valence electrons. The van der Waals surface area contributed by atoms with Crippen LogP contribution in [0.25, 0.3) is 5.65 Å². The lowest BCUT2D eigenvalue weighted by atomic mass is 9.92. The number of fused-ring (bicyclic) bond motifs is 1. The van der Waals surface area contributed by atoms with E-state index in [1.54, 1.807) is 13.3 Å². The molecule has 0 unspecified atom stereocenters. The van der Waals surface area contributed by atoms with Crippen molar-refractivity contribution < 1.29 is 4.74 Å². The van der Waals surface area contributed by atoms with Gasteiger partial charge in [0.1, 0.15) is 11.6 Å². The number of anilines is 2. The molecule has 0 spiro atoms. The Bertz CT molecular complexity index is 899. The van der Waals surface area contributed by atoms with Crippen molar-refractivity contribution in [2.24, 2.45) is 5.73 Å². The fourth-order valence-electron chi connectivity index (χ4n) is 3.72. The fourth-order valence-corrected chi connectivity index (χ4v) is 3.72. The average molecular weight is 380 g/mol. The molecule has 0 aliphatic heterocycles. The number of imidazole rings is 1. The van der Waals surface area contributed by atoms with E-state index in [0.29, 0.717) is 12.1 Å². The van der Waals surface area contributed by atoms with Gasteiger partial charge in [-0.15, -0.1) is 5.10 Å². The Morgan fingerprint density at radius 3 is 2.71 bits per heavy atom. The van der Waals surface area contributed by atoms with Crippen molar-refractivity contribution in [3.8, 4) is 5.75 Å². The molecule has 1 saturated carbocycles. The quantitative estimate of drug-likeness (QED) is 0.584. The van der Waals surface area contributed by atoms with Crippen molar-refractivity contribution in [2.75, 3.05) is 24.3 Å². The monoisotopic (exact) mass is 380 g/mol. The van der Waals surface area contributed by atoms with Gasteiger partial charge in [-0.3, -0.25) is 0 Å². The third-order valence-corrected chi connectivity index (χ3v) is 5.37. The summed E-state index contributed by atoms with van der Waals surface area (Å²) in [6.07, 6.45) is 8.89. The van der Waals surface area contributed by atoms with Crippen molar-refractivity contribution in [3.05, 3.63) is 48.3 Å². The van der Waals surface area contributed by atoms with Crippen LogP contribution >= 0.6 is 0 Å². The maximum absolute atomic E-state index is 6.02. The standard InChI is InChI=1S/C21H28N6O/c1-28-18-8-2-15(3-9-18)10-11-23-19-14-20(26-27-13-12-24-21(19)27)25-17-6-4-16(22)5-7-17/h2-3,8-9,12-14,16-17,23H,4-7,10-11,22H2,1H3,(H,25,26)/t16-,17-. The molecule has 7 nitrogen and oxygen atoms in total. The Morgan fingerprint density at radius 1 is 1.18 bits per heavy atom. The van der Waals surface area contributed by atoms with Crippen molar-refractivity contribution in [3.63, 3.8) is 0 Å². The molecule has 0 amide bonds. The average Bonchev–Trinajstić information content (AvgIpc) is 3.19. The molecule has 0 atom stereocenters. The van der Waals surface area contributed by atoms with Gasteiger partial charge in [0.25, 0.3) is 0 Å². The highest BCUT2D eigenvalue weighted by atomic mass is 16.5. The Labute approximate surface area is 165 Å². The molecule has 3 aromatic rings. The van der Waals surface area contributed by atoms with Crippen LogP contribution in [0.2, 0.25) is 0 Å². The van der Waals surface area contributed by atoms with Gasteiger partial charge in [-0.25, -0.2) is 9.50 Å². The summed E-state index contributed by atoms with van der Waals surface area (Å²) in [4.78, 5) is 4.44. The molecule has 1 aromatic carbocycles. The number of rotatable bonds is 7. The number of ether oxygens (including phenoxy) is 1. The third kappa shape index (κ3) is 4.36. The molecule has 0 saturated heterocycles. The molecule has 7 heteroatoms. The number of hydrogen-bond donors (Lipinski definition) is 3. The number of aromatic nitrogens is 3. The first-order chi connectivity index (χ1) is 13.7. The Balaban J connectivity index is 1.42. The number of benzene rings is 1. The van der Waals surface area contributed by atoms with E-state index in [1.807, 2.05) is 22.8 Å². The smallest absolute Gasteiger partial charge is 0.177 e. The Hall–Kier alpha value is -2.80. The van der Waals surface area contributed by atoms with Crippen LogP contribution < -0.4 is 21.1 Å². The van der Waals surface area contributed by atoms with Gasteiger partial charge in [0.05, 0.1) is 12.8 Å². The summed E-state index contributed by atoms with van der Waals surface area (Å²) in [6, 6.07) is 11.0. The van der Waals surface area contributed by atoms with Crippen LogP contribution in [-0.2, 0) is 6.42 Å². The molecule has 2 heterocycles. The molecule has 0 radical (unpaired) electrons. The molecular formula is C21H28N6O. The van der Waals surface area contributed by atoms with Gasteiger partial charge in [-0.05, 0) is 49.8 Å². The number of nitrogens with one attached hydrogen (secondary N) is 2. The lowest BCUT2D eigenvalue weighted by Gasteiger charge is -2.27. The maximum atomic E-state index is 6.02. The second kappa shape index (κ2) is 8.48. The molecular weight excluding hydrogens is 352 g/mol. The number of nitrogens with zero attached hydrogens (tertiary/aromatic N) is 3. The number of methoxy groups -OCH3 is 1. The van der Waals surface area contributed by atoms with Crippen LogP contribution in [0.4, 0.5) is 11.5 Å². The van der Waals surface area contributed by atoms with Gasteiger partial charge in [0.15, 0.2) is 5.65 Å². The van der Waals surface area contributed by atoms with Crippen LogP contribution in [0.1, 0.15) is 31.2 Å². The molecule has 28 heavy (non-hydrogen) atoms. The first kappa shape index (κ1) is 18.6. The second-order valence-corrected chi connectivity index (χ2v) is 7.42. The lowest BCUT2D eigenvalue weighted by molar-refractivity contribution is 0.410. The SMILES string of the molecule is COc1ccc(CCNc2cc(N[C@H]3CC[C@H](N)CC3)nn3ccnc23)cc1. The molecule has 2 aromatic heterocycles. The van der Waals surface area contributed by atoms with Crippen molar-refractivity contribution in [1.29, 1.82) is 0 Å². The van der Waals surface area contributed by atoms with E-state index in [-0.39, 0.29) is 0 Å². The Morgan fingerprint density at radius 2 is 1.96 bits per heavy atom. The highest BCUT2D eigenvalue weighted by Crippen LogP contribution is 2.23. The van der Waals surface area contributed by atoms with E-state index in [4.69, 9.17) is 10.5 Å². The van der Waals surface area contributed by atoms with E-state index in [0.717, 1.165) is 61.6 Å².